The van der Waals surface area contributed by atoms with Crippen molar-refractivity contribution in [1.29, 1.82) is 0 Å². The van der Waals surface area contributed by atoms with E-state index in [1.165, 1.54) is 0 Å². The molecule has 2 aromatic heterocycles. The molecule has 1 aliphatic rings. The number of nitrogens with zero attached hydrogens (tertiary/aromatic N) is 3. The Morgan fingerprint density at radius 2 is 1.81 bits per heavy atom. The highest BCUT2D eigenvalue weighted by Crippen LogP contribution is 2.29. The molecule has 2 heterocycles. The van der Waals surface area contributed by atoms with Crippen molar-refractivity contribution in [2.75, 3.05) is 5.32 Å². The van der Waals surface area contributed by atoms with E-state index in [0.717, 1.165) is 35.7 Å². The fraction of sp³-hybridized carbons (Fsp3) is 0.241. The maximum Gasteiger partial charge on any atom is 0.306 e. The van der Waals surface area contributed by atoms with Gasteiger partial charge in [0.05, 0.1) is 12.1 Å². The second-order valence-electron chi connectivity index (χ2n) is 9.17. The van der Waals surface area contributed by atoms with Crippen LogP contribution >= 0.6 is 0 Å². The zero-order valence-electron chi connectivity index (χ0n) is 20.2. The summed E-state index contributed by atoms with van der Waals surface area (Å²) in [4.78, 5) is 24.3. The number of benzene rings is 2. The minimum atomic E-state index is -0.783. The summed E-state index contributed by atoms with van der Waals surface area (Å²) in [5.41, 5.74) is 3.58. The summed E-state index contributed by atoms with van der Waals surface area (Å²) in [6, 6.07) is 21.0. The molecule has 4 aromatic rings. The van der Waals surface area contributed by atoms with Crippen LogP contribution in [0.3, 0.4) is 0 Å². The minimum absolute atomic E-state index is 0.0619. The first kappa shape index (κ1) is 24.4. The van der Waals surface area contributed by atoms with Crippen LogP contribution in [0.25, 0.3) is 22.4 Å². The first-order valence-corrected chi connectivity index (χ1v) is 12.3. The molecule has 8 heteroatoms. The zero-order valence-corrected chi connectivity index (χ0v) is 20.2. The predicted octanol–water partition coefficient (Wildman–Crippen LogP) is 5.98. The van der Waals surface area contributed by atoms with Gasteiger partial charge in [0.1, 0.15) is 12.3 Å². The van der Waals surface area contributed by atoms with E-state index in [-0.39, 0.29) is 17.7 Å². The van der Waals surface area contributed by atoms with Gasteiger partial charge in [0.15, 0.2) is 5.82 Å². The quantitative estimate of drug-likeness (QED) is 0.308. The van der Waals surface area contributed by atoms with E-state index >= 15 is 0 Å². The van der Waals surface area contributed by atoms with E-state index in [1.54, 1.807) is 12.3 Å². The highest BCUT2D eigenvalue weighted by atomic mass is 19.1. The SMILES string of the molecule is O=C(O)C1CCCC(Nc2ncc(F)c(-c3cccc(-c4ccc(OCc5ccccc5)nc4)c3)n2)C1. The lowest BCUT2D eigenvalue weighted by Gasteiger charge is -2.27. The third kappa shape index (κ3) is 6.09. The molecule has 5 rings (SSSR count). The third-order valence-corrected chi connectivity index (χ3v) is 6.54. The van der Waals surface area contributed by atoms with E-state index < -0.39 is 11.8 Å². The highest BCUT2D eigenvalue weighted by Gasteiger charge is 2.27. The molecule has 7 nitrogen and oxygen atoms in total. The number of nitrogens with one attached hydrogen (secondary N) is 1. The second-order valence-corrected chi connectivity index (χ2v) is 9.17. The molecule has 0 spiro atoms. The van der Waals surface area contributed by atoms with Crippen LogP contribution in [0.5, 0.6) is 5.88 Å². The zero-order chi connectivity index (χ0) is 25.6. The maximum absolute atomic E-state index is 14.8. The summed E-state index contributed by atoms with van der Waals surface area (Å²) in [7, 11) is 0. The molecule has 2 aromatic carbocycles. The lowest BCUT2D eigenvalue weighted by atomic mass is 9.86. The van der Waals surface area contributed by atoms with E-state index in [1.807, 2.05) is 60.7 Å². The van der Waals surface area contributed by atoms with Crippen molar-refractivity contribution < 1.29 is 19.0 Å². The van der Waals surface area contributed by atoms with Crippen molar-refractivity contribution in [3.8, 4) is 28.3 Å². The number of aliphatic carboxylic acids is 1. The molecule has 0 bridgehead atoms. The standard InChI is InChI=1S/C29H27FN4O3/c30-25-17-32-29(33-24-11-5-10-22(15-24)28(35)36)34-27(25)21-9-4-8-20(14-21)23-12-13-26(31-16-23)37-18-19-6-2-1-3-7-19/h1-4,6-9,12-14,16-17,22,24H,5,10-11,15,18H2,(H,35,36)(H,32,33,34). The molecule has 1 saturated carbocycles. The summed E-state index contributed by atoms with van der Waals surface area (Å²) in [6.07, 6.45) is 5.69. The van der Waals surface area contributed by atoms with Crippen LogP contribution in [-0.2, 0) is 11.4 Å². The van der Waals surface area contributed by atoms with Gasteiger partial charge in [-0.1, -0.05) is 55.0 Å². The van der Waals surface area contributed by atoms with Gasteiger partial charge in [-0.15, -0.1) is 0 Å². The molecule has 188 valence electrons. The topological polar surface area (TPSA) is 97.2 Å². The normalized spacial score (nSPS) is 17.2. The Hall–Kier alpha value is -4.33. The maximum atomic E-state index is 14.8. The number of carbonyl (C=O) groups is 1. The molecule has 0 radical (unpaired) electrons. The summed E-state index contributed by atoms with van der Waals surface area (Å²) >= 11 is 0. The van der Waals surface area contributed by atoms with Crippen LogP contribution in [0.1, 0.15) is 31.2 Å². The van der Waals surface area contributed by atoms with Gasteiger partial charge < -0.3 is 15.2 Å². The van der Waals surface area contributed by atoms with Crippen molar-refractivity contribution in [2.24, 2.45) is 5.92 Å². The largest absolute Gasteiger partial charge is 0.481 e. The van der Waals surface area contributed by atoms with Crippen LogP contribution in [0.15, 0.2) is 79.1 Å². The first-order chi connectivity index (χ1) is 18.0. The Bertz CT molecular complexity index is 1370. The number of pyridine rings is 1. The van der Waals surface area contributed by atoms with Gasteiger partial charge in [0.25, 0.3) is 0 Å². The summed E-state index contributed by atoms with van der Waals surface area (Å²) in [5, 5.41) is 12.5. The summed E-state index contributed by atoms with van der Waals surface area (Å²) in [5.74, 6) is -0.882. The molecular weight excluding hydrogens is 471 g/mol. The minimum Gasteiger partial charge on any atom is -0.481 e. The van der Waals surface area contributed by atoms with Crippen LogP contribution in [-0.4, -0.2) is 32.1 Å². The van der Waals surface area contributed by atoms with Crippen molar-refractivity contribution in [3.63, 3.8) is 0 Å². The van der Waals surface area contributed by atoms with Crippen LogP contribution in [0.2, 0.25) is 0 Å². The average Bonchev–Trinajstić information content (AvgIpc) is 2.94. The number of halogens is 1. The Kier molecular flexibility index (Phi) is 7.35. The number of aromatic nitrogens is 3. The number of ether oxygens (including phenoxy) is 1. The molecular formula is C29H27FN4O3. The van der Waals surface area contributed by atoms with E-state index in [9.17, 15) is 14.3 Å². The van der Waals surface area contributed by atoms with Gasteiger partial charge in [-0.2, -0.15) is 0 Å². The smallest absolute Gasteiger partial charge is 0.306 e. The lowest BCUT2D eigenvalue weighted by molar-refractivity contribution is -0.142. The Morgan fingerprint density at radius 1 is 0.973 bits per heavy atom. The van der Waals surface area contributed by atoms with E-state index in [4.69, 9.17) is 4.74 Å². The summed E-state index contributed by atoms with van der Waals surface area (Å²) in [6.45, 7) is 0.434. The fourth-order valence-corrected chi connectivity index (χ4v) is 4.58. The lowest BCUT2D eigenvalue weighted by Crippen LogP contribution is -2.31. The predicted molar refractivity (Wildman–Crippen MR) is 138 cm³/mol. The molecule has 1 fully saturated rings. The number of carboxylic acids is 1. The van der Waals surface area contributed by atoms with Gasteiger partial charge in [-0.25, -0.2) is 19.3 Å². The van der Waals surface area contributed by atoms with E-state index in [2.05, 4.69) is 20.3 Å². The molecule has 2 unspecified atom stereocenters. The van der Waals surface area contributed by atoms with Crippen LogP contribution in [0, 0.1) is 11.7 Å². The number of carboxylic acid groups (broad SMARTS) is 1. The second kappa shape index (κ2) is 11.2. The Labute approximate surface area is 214 Å². The van der Waals surface area contributed by atoms with Crippen LogP contribution < -0.4 is 10.1 Å². The monoisotopic (exact) mass is 498 g/mol. The van der Waals surface area contributed by atoms with E-state index in [0.29, 0.717) is 36.8 Å². The van der Waals surface area contributed by atoms with Gasteiger partial charge >= 0.3 is 5.97 Å². The molecule has 1 aliphatic carbocycles. The van der Waals surface area contributed by atoms with Gasteiger partial charge in [-0.05, 0) is 42.5 Å². The van der Waals surface area contributed by atoms with Crippen molar-refractivity contribution >= 4 is 11.9 Å². The molecule has 2 N–H and O–H groups in total. The Balaban J connectivity index is 1.30. The Morgan fingerprint density at radius 3 is 2.59 bits per heavy atom. The number of rotatable bonds is 8. The average molecular weight is 499 g/mol. The van der Waals surface area contributed by atoms with Crippen molar-refractivity contribution in [3.05, 3.63) is 90.5 Å². The van der Waals surface area contributed by atoms with Crippen molar-refractivity contribution in [1.82, 2.24) is 15.0 Å². The molecule has 37 heavy (non-hydrogen) atoms. The number of hydrogen-bond donors (Lipinski definition) is 2. The van der Waals surface area contributed by atoms with Crippen LogP contribution in [0.4, 0.5) is 10.3 Å². The number of hydrogen-bond acceptors (Lipinski definition) is 6. The third-order valence-electron chi connectivity index (χ3n) is 6.54. The highest BCUT2D eigenvalue weighted by molar-refractivity contribution is 5.72. The number of anilines is 1. The van der Waals surface area contributed by atoms with Gasteiger partial charge in [-0.3, -0.25) is 4.79 Å². The fourth-order valence-electron chi connectivity index (χ4n) is 4.58. The molecule has 0 aliphatic heterocycles. The summed E-state index contributed by atoms with van der Waals surface area (Å²) < 4.78 is 20.5. The molecule has 2 atom stereocenters. The van der Waals surface area contributed by atoms with Crippen molar-refractivity contribution in [2.45, 2.75) is 38.3 Å². The molecule has 0 amide bonds. The first-order valence-electron chi connectivity index (χ1n) is 12.3. The molecule has 0 saturated heterocycles. The van der Waals surface area contributed by atoms with Gasteiger partial charge in [0, 0.05) is 29.4 Å². The van der Waals surface area contributed by atoms with Gasteiger partial charge in [0.2, 0.25) is 11.8 Å².